The largest absolute Gasteiger partial charge is 0.418 e. The second-order valence-electron chi connectivity index (χ2n) is 6.35. The lowest BCUT2D eigenvalue weighted by molar-refractivity contribution is -0.165. The molecule has 2 bridgehead atoms. The molecular weight excluding hydrogens is 382 g/mol. The van der Waals surface area contributed by atoms with Crippen molar-refractivity contribution in [2.45, 2.75) is 49.4 Å². The molecule has 4 atom stereocenters. The number of likely N-dealkylation sites (N-methyl/N-ethyl adjacent to an activating group) is 1. The minimum absolute atomic E-state index is 0.0274. The Morgan fingerprint density at radius 3 is 2.62 bits per heavy atom. The van der Waals surface area contributed by atoms with Crippen molar-refractivity contribution in [1.82, 2.24) is 20.8 Å². The van der Waals surface area contributed by atoms with Crippen molar-refractivity contribution >= 4 is 22.3 Å². The predicted octanol–water partition coefficient (Wildman–Crippen LogP) is -0.967. The SMILES string of the molecule is CNC1CCC1ONC(=O)[C@@H]1CC(F)(F)[C@@H]2CN1C(=O)N2OS(=O)(=O)O. The number of rotatable bonds is 6. The number of carbonyl (C=O) groups excluding carboxylic acids is 2. The number of urea groups is 1. The first-order valence-corrected chi connectivity index (χ1v) is 9.17. The Labute approximate surface area is 147 Å². The van der Waals surface area contributed by atoms with Crippen LogP contribution in [0, 0.1) is 0 Å². The highest BCUT2D eigenvalue weighted by atomic mass is 32.3. The zero-order valence-corrected chi connectivity index (χ0v) is 14.4. The first kappa shape index (κ1) is 19.2. The zero-order valence-electron chi connectivity index (χ0n) is 13.6. The minimum Gasteiger partial charge on any atom is -0.314 e. The normalized spacial score (nSPS) is 33.2. The molecule has 2 saturated heterocycles. The number of amides is 3. The number of alkyl halides is 2. The summed E-state index contributed by atoms with van der Waals surface area (Å²) in [4.78, 5) is 30.3. The molecule has 11 nitrogen and oxygen atoms in total. The fourth-order valence-corrected chi connectivity index (χ4v) is 3.60. The molecule has 148 valence electrons. The summed E-state index contributed by atoms with van der Waals surface area (Å²) < 4.78 is 62.8. The average Bonchev–Trinajstić information content (AvgIpc) is 2.77. The Bertz CT molecular complexity index is 704. The van der Waals surface area contributed by atoms with Gasteiger partial charge in [0.1, 0.15) is 18.2 Å². The molecule has 3 rings (SSSR count). The van der Waals surface area contributed by atoms with Crippen LogP contribution in [0.5, 0.6) is 0 Å². The van der Waals surface area contributed by atoms with Crippen LogP contribution >= 0.6 is 0 Å². The molecule has 26 heavy (non-hydrogen) atoms. The van der Waals surface area contributed by atoms with E-state index in [0.717, 1.165) is 11.3 Å². The van der Waals surface area contributed by atoms with E-state index in [0.29, 0.717) is 6.42 Å². The van der Waals surface area contributed by atoms with Gasteiger partial charge in [0.15, 0.2) is 0 Å². The molecule has 3 fully saturated rings. The van der Waals surface area contributed by atoms with Gasteiger partial charge in [0, 0.05) is 12.5 Å². The molecule has 0 aromatic carbocycles. The summed E-state index contributed by atoms with van der Waals surface area (Å²) in [5.41, 5.74) is 2.09. The Balaban J connectivity index is 1.70. The average molecular weight is 400 g/mol. The summed E-state index contributed by atoms with van der Waals surface area (Å²) in [5, 5.41) is 2.85. The number of nitrogens with one attached hydrogen (secondary N) is 2. The van der Waals surface area contributed by atoms with E-state index in [1.54, 1.807) is 7.05 Å². The number of hydroxylamine groups is 3. The topological polar surface area (TPSA) is 138 Å². The summed E-state index contributed by atoms with van der Waals surface area (Å²) in [6.07, 6.45) is 0.166. The third-order valence-electron chi connectivity index (χ3n) is 4.79. The number of hydrogen-bond donors (Lipinski definition) is 3. The molecule has 0 aromatic rings. The summed E-state index contributed by atoms with van der Waals surface area (Å²) in [5.74, 6) is -4.56. The highest BCUT2D eigenvalue weighted by Gasteiger charge is 2.62. The van der Waals surface area contributed by atoms with Crippen LogP contribution in [0.25, 0.3) is 0 Å². The molecule has 14 heteroatoms. The smallest absolute Gasteiger partial charge is 0.314 e. The number of hydrogen-bond acceptors (Lipinski definition) is 7. The molecule has 2 heterocycles. The lowest BCUT2D eigenvalue weighted by Gasteiger charge is -2.37. The van der Waals surface area contributed by atoms with Crippen molar-refractivity contribution in [3.8, 4) is 0 Å². The quantitative estimate of drug-likeness (QED) is 0.383. The van der Waals surface area contributed by atoms with E-state index in [1.165, 1.54) is 0 Å². The van der Waals surface area contributed by atoms with E-state index >= 15 is 0 Å². The van der Waals surface area contributed by atoms with Crippen LogP contribution in [0.3, 0.4) is 0 Å². The third kappa shape index (κ3) is 3.46. The van der Waals surface area contributed by atoms with Gasteiger partial charge in [0.2, 0.25) is 0 Å². The van der Waals surface area contributed by atoms with E-state index in [9.17, 15) is 26.8 Å². The molecule has 0 spiro atoms. The maximum Gasteiger partial charge on any atom is 0.418 e. The van der Waals surface area contributed by atoms with Crippen molar-refractivity contribution in [1.29, 1.82) is 0 Å². The molecule has 2 unspecified atom stereocenters. The van der Waals surface area contributed by atoms with Gasteiger partial charge in [-0.2, -0.15) is 13.5 Å². The molecule has 0 aromatic heterocycles. The molecule has 1 saturated carbocycles. The summed E-state index contributed by atoms with van der Waals surface area (Å²) >= 11 is 0. The number of nitrogens with zero attached hydrogens (tertiary/aromatic N) is 2. The van der Waals surface area contributed by atoms with Crippen molar-refractivity contribution in [2.24, 2.45) is 0 Å². The molecule has 3 aliphatic rings. The van der Waals surface area contributed by atoms with Crippen molar-refractivity contribution in [2.75, 3.05) is 13.6 Å². The summed E-state index contributed by atoms with van der Waals surface area (Å²) in [6, 6.07) is -4.75. The van der Waals surface area contributed by atoms with Gasteiger partial charge in [-0.15, -0.1) is 4.28 Å². The van der Waals surface area contributed by atoms with Gasteiger partial charge < -0.3 is 10.2 Å². The Kier molecular flexibility index (Phi) is 4.81. The maximum absolute atomic E-state index is 14.3. The maximum atomic E-state index is 14.3. The lowest BCUT2D eigenvalue weighted by atomic mass is 9.89. The van der Waals surface area contributed by atoms with Gasteiger partial charge in [-0.3, -0.25) is 14.2 Å². The van der Waals surface area contributed by atoms with Gasteiger partial charge in [-0.25, -0.2) is 19.1 Å². The van der Waals surface area contributed by atoms with Gasteiger partial charge in [-0.1, -0.05) is 0 Å². The molecule has 3 N–H and O–H groups in total. The fourth-order valence-electron chi connectivity index (χ4n) is 3.23. The number of halogens is 2. The number of fused-ring (bicyclic) bond motifs is 2. The van der Waals surface area contributed by atoms with E-state index in [4.69, 9.17) is 9.39 Å². The first-order valence-electron chi connectivity index (χ1n) is 7.81. The van der Waals surface area contributed by atoms with Gasteiger partial charge in [0.05, 0.1) is 6.54 Å². The van der Waals surface area contributed by atoms with E-state index in [1.807, 2.05) is 0 Å². The summed E-state index contributed by atoms with van der Waals surface area (Å²) in [6.45, 7) is -0.637. The van der Waals surface area contributed by atoms with Crippen molar-refractivity contribution in [3.63, 3.8) is 0 Å². The second kappa shape index (κ2) is 6.53. The highest BCUT2D eigenvalue weighted by molar-refractivity contribution is 7.80. The summed E-state index contributed by atoms with van der Waals surface area (Å²) in [7, 11) is -3.46. The van der Waals surface area contributed by atoms with E-state index in [-0.39, 0.29) is 17.2 Å². The van der Waals surface area contributed by atoms with Gasteiger partial charge in [0.25, 0.3) is 11.8 Å². The zero-order chi connectivity index (χ0) is 19.3. The van der Waals surface area contributed by atoms with Gasteiger partial charge >= 0.3 is 16.4 Å². The minimum atomic E-state index is -5.18. The highest BCUT2D eigenvalue weighted by Crippen LogP contribution is 2.41. The standard InChI is InChI=1S/C12H18F2N4O7S/c1-15-6-2-3-8(6)24-16-10(19)7-4-12(13,14)9-5-17(7)11(20)18(9)25-26(21,22)23/h6-9,15H,2-5H2,1H3,(H,16,19)(H,21,22,23)/t6?,7-,8?,9-/m0/s1. The van der Waals surface area contributed by atoms with Crippen LogP contribution in [0.15, 0.2) is 0 Å². The monoisotopic (exact) mass is 400 g/mol. The second-order valence-corrected chi connectivity index (χ2v) is 7.36. The molecule has 2 aliphatic heterocycles. The Hall–Kier alpha value is -1.61. The Morgan fingerprint density at radius 2 is 2.08 bits per heavy atom. The third-order valence-corrected chi connectivity index (χ3v) is 5.13. The molecule has 1 aliphatic carbocycles. The van der Waals surface area contributed by atoms with Crippen molar-refractivity contribution < 1.29 is 40.5 Å². The van der Waals surface area contributed by atoms with E-state index in [2.05, 4.69) is 15.1 Å². The van der Waals surface area contributed by atoms with Gasteiger partial charge in [-0.05, 0) is 19.9 Å². The van der Waals surface area contributed by atoms with Crippen LogP contribution in [0.1, 0.15) is 19.3 Å². The van der Waals surface area contributed by atoms with Crippen LogP contribution in [0.4, 0.5) is 13.6 Å². The Morgan fingerprint density at radius 1 is 1.38 bits per heavy atom. The van der Waals surface area contributed by atoms with Crippen LogP contribution in [0.2, 0.25) is 0 Å². The molecule has 3 amide bonds. The van der Waals surface area contributed by atoms with Crippen LogP contribution < -0.4 is 10.8 Å². The fraction of sp³-hybridized carbons (Fsp3) is 0.833. The predicted molar refractivity (Wildman–Crippen MR) is 78.8 cm³/mol. The van der Waals surface area contributed by atoms with Crippen LogP contribution in [-0.2, 0) is 24.3 Å². The van der Waals surface area contributed by atoms with Crippen LogP contribution in [-0.4, -0.2) is 78.6 Å². The molecular formula is C12H18F2N4O7S. The molecule has 0 radical (unpaired) electrons. The first-order chi connectivity index (χ1) is 12.0. The number of piperidine rings is 1. The van der Waals surface area contributed by atoms with Crippen molar-refractivity contribution in [3.05, 3.63) is 0 Å². The number of carbonyl (C=O) groups is 2. The lowest BCUT2D eigenvalue weighted by Crippen LogP contribution is -2.58. The van der Waals surface area contributed by atoms with E-state index < -0.39 is 53.3 Å².